The Hall–Kier alpha value is 0.650. The molecular weight excluding hydrogens is 267 g/mol. The summed E-state index contributed by atoms with van der Waals surface area (Å²) in [6.45, 7) is 1.68. The third-order valence-corrected chi connectivity index (χ3v) is 3.79. The van der Waals surface area contributed by atoms with E-state index in [9.17, 15) is 0 Å². The molecule has 0 bridgehead atoms. The second-order valence-electron chi connectivity index (χ2n) is 3.63. The monoisotopic (exact) mass is 282 g/mol. The number of hydrogen-bond acceptors (Lipinski definition) is 2. The number of rotatable bonds is 2. The molecule has 70 valence electrons. The van der Waals surface area contributed by atoms with Gasteiger partial charge in [0.1, 0.15) is 0 Å². The SMILES string of the molecule is IC1COCC1OC1CCCC1. The Morgan fingerprint density at radius 3 is 2.50 bits per heavy atom. The van der Waals surface area contributed by atoms with Crippen LogP contribution in [-0.4, -0.2) is 29.3 Å². The van der Waals surface area contributed by atoms with Gasteiger partial charge in [0.15, 0.2) is 0 Å². The number of ether oxygens (including phenoxy) is 2. The normalized spacial score (nSPS) is 37.8. The predicted molar refractivity (Wildman–Crippen MR) is 55.8 cm³/mol. The van der Waals surface area contributed by atoms with E-state index in [2.05, 4.69) is 22.6 Å². The fourth-order valence-corrected chi connectivity index (χ4v) is 2.54. The van der Waals surface area contributed by atoms with Gasteiger partial charge in [-0.1, -0.05) is 35.4 Å². The van der Waals surface area contributed by atoms with Crippen LogP contribution in [0.4, 0.5) is 0 Å². The van der Waals surface area contributed by atoms with Gasteiger partial charge in [-0.25, -0.2) is 0 Å². The molecule has 1 heterocycles. The minimum Gasteiger partial charge on any atom is -0.378 e. The van der Waals surface area contributed by atoms with E-state index < -0.39 is 0 Å². The highest BCUT2D eigenvalue weighted by molar-refractivity contribution is 14.1. The van der Waals surface area contributed by atoms with Crippen molar-refractivity contribution in [2.45, 2.75) is 41.8 Å². The molecule has 1 saturated carbocycles. The van der Waals surface area contributed by atoms with Crippen molar-refractivity contribution >= 4 is 22.6 Å². The highest BCUT2D eigenvalue weighted by Crippen LogP contribution is 2.26. The van der Waals surface area contributed by atoms with Crippen molar-refractivity contribution in [1.29, 1.82) is 0 Å². The molecule has 2 atom stereocenters. The van der Waals surface area contributed by atoms with E-state index in [4.69, 9.17) is 9.47 Å². The fourth-order valence-electron chi connectivity index (χ4n) is 1.90. The molecule has 12 heavy (non-hydrogen) atoms. The highest BCUT2D eigenvalue weighted by atomic mass is 127. The average Bonchev–Trinajstić information content (AvgIpc) is 2.65. The Bertz CT molecular complexity index is 145. The second kappa shape index (κ2) is 4.24. The lowest BCUT2D eigenvalue weighted by Crippen LogP contribution is -2.26. The molecule has 1 aliphatic heterocycles. The Morgan fingerprint density at radius 1 is 1.17 bits per heavy atom. The molecule has 0 radical (unpaired) electrons. The summed E-state index contributed by atoms with van der Waals surface area (Å²) in [4.78, 5) is 0. The van der Waals surface area contributed by atoms with Crippen LogP contribution in [0, 0.1) is 0 Å². The van der Waals surface area contributed by atoms with Crippen LogP contribution in [0.25, 0.3) is 0 Å². The molecule has 3 heteroatoms. The number of halogens is 1. The van der Waals surface area contributed by atoms with E-state index in [-0.39, 0.29) is 0 Å². The lowest BCUT2D eigenvalue weighted by Gasteiger charge is -2.18. The van der Waals surface area contributed by atoms with Crippen molar-refractivity contribution in [1.82, 2.24) is 0 Å². The van der Waals surface area contributed by atoms with Gasteiger partial charge in [-0.15, -0.1) is 0 Å². The summed E-state index contributed by atoms with van der Waals surface area (Å²) in [5.41, 5.74) is 0. The molecule has 0 amide bonds. The molecule has 2 rings (SSSR count). The molecule has 0 spiro atoms. The highest BCUT2D eigenvalue weighted by Gasteiger charge is 2.29. The van der Waals surface area contributed by atoms with Gasteiger partial charge in [0.2, 0.25) is 0 Å². The van der Waals surface area contributed by atoms with Crippen molar-refractivity contribution < 1.29 is 9.47 Å². The van der Waals surface area contributed by atoms with E-state index in [1.807, 2.05) is 0 Å². The van der Waals surface area contributed by atoms with E-state index in [1.54, 1.807) is 0 Å². The van der Waals surface area contributed by atoms with Crippen LogP contribution in [-0.2, 0) is 9.47 Å². The fraction of sp³-hybridized carbons (Fsp3) is 1.00. The smallest absolute Gasteiger partial charge is 0.0951 e. The summed E-state index contributed by atoms with van der Waals surface area (Å²) >= 11 is 2.43. The number of alkyl halides is 1. The summed E-state index contributed by atoms with van der Waals surface area (Å²) in [7, 11) is 0. The Balaban J connectivity index is 1.77. The minimum absolute atomic E-state index is 0.369. The molecule has 0 N–H and O–H groups in total. The zero-order valence-corrected chi connectivity index (χ0v) is 9.33. The van der Waals surface area contributed by atoms with Crippen molar-refractivity contribution in [3.05, 3.63) is 0 Å². The predicted octanol–water partition coefficient (Wildman–Crippen LogP) is 2.15. The molecule has 0 aromatic heterocycles. The molecule has 2 aliphatic rings. The van der Waals surface area contributed by atoms with Gasteiger partial charge >= 0.3 is 0 Å². The van der Waals surface area contributed by atoms with Gasteiger partial charge in [-0.05, 0) is 12.8 Å². The summed E-state index contributed by atoms with van der Waals surface area (Å²) in [6, 6.07) is 0. The maximum atomic E-state index is 5.95. The largest absolute Gasteiger partial charge is 0.378 e. The molecule has 1 saturated heterocycles. The maximum absolute atomic E-state index is 5.95. The topological polar surface area (TPSA) is 18.5 Å². The van der Waals surface area contributed by atoms with E-state index in [0.717, 1.165) is 13.2 Å². The lowest BCUT2D eigenvalue weighted by molar-refractivity contribution is -0.00877. The molecular formula is C9H15IO2. The first-order chi connectivity index (χ1) is 5.86. The molecule has 0 aromatic rings. The van der Waals surface area contributed by atoms with Crippen LogP contribution < -0.4 is 0 Å². The number of hydrogen-bond donors (Lipinski definition) is 0. The lowest BCUT2D eigenvalue weighted by atomic mass is 10.2. The quantitative estimate of drug-likeness (QED) is 0.570. The van der Waals surface area contributed by atoms with E-state index in [1.165, 1.54) is 25.7 Å². The van der Waals surface area contributed by atoms with E-state index >= 15 is 0 Å². The van der Waals surface area contributed by atoms with Crippen molar-refractivity contribution in [2.75, 3.05) is 13.2 Å². The van der Waals surface area contributed by atoms with Crippen LogP contribution >= 0.6 is 22.6 Å². The average molecular weight is 282 g/mol. The maximum Gasteiger partial charge on any atom is 0.0951 e. The third kappa shape index (κ3) is 2.12. The molecule has 1 aliphatic carbocycles. The van der Waals surface area contributed by atoms with Crippen LogP contribution in [0.5, 0.6) is 0 Å². The zero-order valence-electron chi connectivity index (χ0n) is 7.17. The standard InChI is InChI=1S/C9H15IO2/c10-8-5-11-6-9(8)12-7-3-1-2-4-7/h7-9H,1-6H2. The molecule has 0 aromatic carbocycles. The zero-order chi connectivity index (χ0) is 8.39. The van der Waals surface area contributed by atoms with E-state index in [0.29, 0.717) is 16.1 Å². The van der Waals surface area contributed by atoms with Crippen LogP contribution in [0.2, 0.25) is 0 Å². The van der Waals surface area contributed by atoms with Gasteiger partial charge < -0.3 is 9.47 Å². The summed E-state index contributed by atoms with van der Waals surface area (Å²) in [5, 5.41) is 0. The Morgan fingerprint density at radius 2 is 1.92 bits per heavy atom. The van der Waals surface area contributed by atoms with Gasteiger partial charge in [0, 0.05) is 0 Å². The Kier molecular flexibility index (Phi) is 3.26. The molecule has 2 nitrogen and oxygen atoms in total. The van der Waals surface area contributed by atoms with Crippen molar-refractivity contribution in [2.24, 2.45) is 0 Å². The molecule has 2 fully saturated rings. The first-order valence-corrected chi connectivity index (χ1v) is 5.98. The van der Waals surface area contributed by atoms with Gasteiger partial charge in [0.05, 0.1) is 29.3 Å². The third-order valence-electron chi connectivity index (χ3n) is 2.63. The first kappa shape index (κ1) is 9.21. The van der Waals surface area contributed by atoms with Crippen LogP contribution in [0.3, 0.4) is 0 Å². The summed E-state index contributed by atoms with van der Waals surface area (Å²) in [6.07, 6.45) is 6.14. The summed E-state index contributed by atoms with van der Waals surface area (Å²) in [5.74, 6) is 0. The molecule has 2 unspecified atom stereocenters. The Labute approximate surface area is 87.1 Å². The first-order valence-electron chi connectivity index (χ1n) is 4.73. The van der Waals surface area contributed by atoms with Crippen molar-refractivity contribution in [3.8, 4) is 0 Å². The summed E-state index contributed by atoms with van der Waals surface area (Å²) < 4.78 is 11.9. The second-order valence-corrected chi connectivity index (χ2v) is 5.23. The van der Waals surface area contributed by atoms with Crippen LogP contribution in [0.15, 0.2) is 0 Å². The van der Waals surface area contributed by atoms with Gasteiger partial charge in [-0.3, -0.25) is 0 Å². The van der Waals surface area contributed by atoms with Crippen LogP contribution in [0.1, 0.15) is 25.7 Å². The minimum atomic E-state index is 0.369. The van der Waals surface area contributed by atoms with Crippen molar-refractivity contribution in [3.63, 3.8) is 0 Å². The van der Waals surface area contributed by atoms with Gasteiger partial charge in [0.25, 0.3) is 0 Å². The van der Waals surface area contributed by atoms with Gasteiger partial charge in [-0.2, -0.15) is 0 Å².